The number of unbranched alkanes of at least 4 members (excludes halogenated alkanes) is 7. The molecule has 2 heteroatoms. The molecule has 0 saturated carbocycles. The zero-order valence-electron chi connectivity index (χ0n) is 17.0. The highest BCUT2D eigenvalue weighted by Gasteiger charge is 2.13. The van der Waals surface area contributed by atoms with Gasteiger partial charge in [-0.2, -0.15) is 0 Å². The fourth-order valence-electron chi connectivity index (χ4n) is 3.56. The molecule has 2 nitrogen and oxygen atoms in total. The summed E-state index contributed by atoms with van der Waals surface area (Å²) in [6.45, 7) is 3.78. The van der Waals surface area contributed by atoms with Gasteiger partial charge in [0.25, 0.3) is 0 Å². The summed E-state index contributed by atoms with van der Waals surface area (Å²) >= 11 is 0. The van der Waals surface area contributed by atoms with E-state index in [1.807, 2.05) is 12.1 Å². The summed E-state index contributed by atoms with van der Waals surface area (Å²) < 4.78 is 0. The minimum atomic E-state index is -0.269. The number of benzene rings is 2. The van der Waals surface area contributed by atoms with Crippen molar-refractivity contribution >= 4 is 5.69 Å². The number of aliphatic hydroxyl groups is 1. The number of para-hydroxylation sites is 1. The van der Waals surface area contributed by atoms with E-state index in [0.717, 1.165) is 19.4 Å². The number of nitrogens with zero attached hydrogens (tertiary/aromatic N) is 1. The lowest BCUT2D eigenvalue weighted by molar-refractivity contribution is 0.165. The first-order valence-corrected chi connectivity index (χ1v) is 10.8. The van der Waals surface area contributed by atoms with E-state index in [-0.39, 0.29) is 6.10 Å². The van der Waals surface area contributed by atoms with Crippen LogP contribution in [0.5, 0.6) is 0 Å². The molecule has 0 amide bonds. The highest BCUT2D eigenvalue weighted by atomic mass is 16.3. The summed E-state index contributed by atoms with van der Waals surface area (Å²) in [5.74, 6) is 0. The second kappa shape index (κ2) is 13.4. The van der Waals surface area contributed by atoms with Crippen molar-refractivity contribution in [2.45, 2.75) is 77.4 Å². The van der Waals surface area contributed by atoms with Gasteiger partial charge < -0.3 is 10.0 Å². The van der Waals surface area contributed by atoms with Crippen LogP contribution < -0.4 is 4.90 Å². The van der Waals surface area contributed by atoms with Gasteiger partial charge in [-0.1, -0.05) is 107 Å². The molecule has 2 rings (SSSR count). The average molecular weight is 368 g/mol. The summed E-state index contributed by atoms with van der Waals surface area (Å²) in [5, 5.41) is 10.6. The van der Waals surface area contributed by atoms with Crippen LogP contribution in [0.1, 0.15) is 70.3 Å². The molecule has 1 N–H and O–H groups in total. The highest BCUT2D eigenvalue weighted by molar-refractivity contribution is 5.46. The van der Waals surface area contributed by atoms with Crippen molar-refractivity contribution in [1.82, 2.24) is 0 Å². The Labute approximate surface area is 166 Å². The second-order valence-corrected chi connectivity index (χ2v) is 7.62. The molecule has 0 aromatic heterocycles. The molecule has 2 aromatic rings. The fraction of sp³-hybridized carbons (Fsp3) is 0.520. The van der Waals surface area contributed by atoms with Crippen LogP contribution in [-0.4, -0.2) is 17.8 Å². The Balaban J connectivity index is 1.75. The molecule has 0 radical (unpaired) electrons. The number of aliphatic hydroxyl groups excluding tert-OH is 1. The lowest BCUT2D eigenvalue weighted by Gasteiger charge is -2.27. The SMILES string of the molecule is CCCCCCCCCCC(O)CN(Cc1ccccc1)c1ccccc1. The van der Waals surface area contributed by atoms with E-state index in [2.05, 4.69) is 60.4 Å². The lowest BCUT2D eigenvalue weighted by Crippen LogP contribution is -2.32. The maximum absolute atomic E-state index is 10.6. The van der Waals surface area contributed by atoms with E-state index >= 15 is 0 Å². The predicted octanol–water partition coefficient (Wildman–Crippen LogP) is 6.58. The summed E-state index contributed by atoms with van der Waals surface area (Å²) in [5.41, 5.74) is 2.46. The van der Waals surface area contributed by atoms with Crippen LogP contribution in [0.4, 0.5) is 5.69 Å². The largest absolute Gasteiger partial charge is 0.391 e. The van der Waals surface area contributed by atoms with Crippen molar-refractivity contribution in [2.24, 2.45) is 0 Å². The zero-order chi connectivity index (χ0) is 19.2. The van der Waals surface area contributed by atoms with Crippen molar-refractivity contribution < 1.29 is 5.11 Å². The molecule has 0 aliphatic rings. The number of hydrogen-bond donors (Lipinski definition) is 1. The van der Waals surface area contributed by atoms with E-state index in [0.29, 0.717) is 6.54 Å². The van der Waals surface area contributed by atoms with Crippen LogP contribution in [0.25, 0.3) is 0 Å². The summed E-state index contributed by atoms with van der Waals surface area (Å²) in [7, 11) is 0. The van der Waals surface area contributed by atoms with E-state index < -0.39 is 0 Å². The Morgan fingerprint density at radius 1 is 0.741 bits per heavy atom. The third-order valence-corrected chi connectivity index (χ3v) is 5.16. The van der Waals surface area contributed by atoms with Gasteiger partial charge in [0.15, 0.2) is 0 Å². The third-order valence-electron chi connectivity index (χ3n) is 5.16. The van der Waals surface area contributed by atoms with Gasteiger partial charge >= 0.3 is 0 Å². The summed E-state index contributed by atoms with van der Waals surface area (Å²) in [6.07, 6.45) is 11.1. The van der Waals surface area contributed by atoms with Gasteiger partial charge in [0.1, 0.15) is 0 Å². The van der Waals surface area contributed by atoms with Crippen molar-refractivity contribution in [2.75, 3.05) is 11.4 Å². The van der Waals surface area contributed by atoms with Gasteiger partial charge in [0.05, 0.1) is 6.10 Å². The maximum atomic E-state index is 10.6. The molecule has 148 valence electrons. The number of hydrogen-bond acceptors (Lipinski definition) is 2. The Morgan fingerprint density at radius 3 is 1.93 bits per heavy atom. The molecule has 0 aliphatic heterocycles. The van der Waals surface area contributed by atoms with Crippen molar-refractivity contribution in [3.8, 4) is 0 Å². The highest BCUT2D eigenvalue weighted by Crippen LogP contribution is 2.19. The number of rotatable bonds is 14. The molecule has 27 heavy (non-hydrogen) atoms. The summed E-state index contributed by atoms with van der Waals surface area (Å²) in [4.78, 5) is 2.30. The first-order valence-electron chi connectivity index (χ1n) is 10.8. The van der Waals surface area contributed by atoms with Gasteiger partial charge in [0, 0.05) is 18.8 Å². The van der Waals surface area contributed by atoms with Crippen molar-refractivity contribution in [3.63, 3.8) is 0 Å². The summed E-state index contributed by atoms with van der Waals surface area (Å²) in [6, 6.07) is 21.0. The van der Waals surface area contributed by atoms with Crippen molar-refractivity contribution in [3.05, 3.63) is 66.2 Å². The van der Waals surface area contributed by atoms with Gasteiger partial charge in [-0.25, -0.2) is 0 Å². The Hall–Kier alpha value is -1.80. The molecule has 1 unspecified atom stereocenters. The monoisotopic (exact) mass is 367 g/mol. The normalized spacial score (nSPS) is 12.1. The molecule has 0 spiro atoms. The van der Waals surface area contributed by atoms with Gasteiger partial charge in [-0.15, -0.1) is 0 Å². The zero-order valence-corrected chi connectivity index (χ0v) is 17.0. The van der Waals surface area contributed by atoms with Crippen LogP contribution in [-0.2, 0) is 6.54 Å². The molecule has 0 heterocycles. The van der Waals surface area contributed by atoms with Gasteiger partial charge in [-0.3, -0.25) is 0 Å². The minimum absolute atomic E-state index is 0.269. The molecular weight excluding hydrogens is 330 g/mol. The first-order chi connectivity index (χ1) is 13.3. The van der Waals surface area contributed by atoms with E-state index in [9.17, 15) is 5.11 Å². The van der Waals surface area contributed by atoms with Crippen LogP contribution in [0.15, 0.2) is 60.7 Å². The van der Waals surface area contributed by atoms with Crippen LogP contribution >= 0.6 is 0 Å². The number of anilines is 1. The molecule has 0 aliphatic carbocycles. The predicted molar refractivity (Wildman–Crippen MR) is 117 cm³/mol. The Morgan fingerprint density at radius 2 is 1.30 bits per heavy atom. The smallest absolute Gasteiger partial charge is 0.0715 e. The van der Waals surface area contributed by atoms with Crippen LogP contribution in [0.3, 0.4) is 0 Å². The molecular formula is C25H37NO. The molecule has 1 atom stereocenters. The first kappa shape index (κ1) is 21.5. The van der Waals surface area contributed by atoms with Crippen molar-refractivity contribution in [1.29, 1.82) is 0 Å². The van der Waals surface area contributed by atoms with E-state index in [4.69, 9.17) is 0 Å². The topological polar surface area (TPSA) is 23.5 Å². The van der Waals surface area contributed by atoms with E-state index in [1.54, 1.807) is 0 Å². The fourth-order valence-corrected chi connectivity index (χ4v) is 3.56. The molecule has 0 fully saturated rings. The Bertz CT molecular complexity index is 584. The van der Waals surface area contributed by atoms with Gasteiger partial charge in [-0.05, 0) is 24.1 Å². The average Bonchev–Trinajstić information content (AvgIpc) is 2.71. The standard InChI is InChI=1S/C25H37NO/c1-2-3-4-5-6-7-8-15-20-25(27)22-26(24-18-13-10-14-19-24)21-23-16-11-9-12-17-23/h9-14,16-19,25,27H,2-8,15,20-22H2,1H3. The quantitative estimate of drug-likeness (QED) is 0.381. The lowest BCUT2D eigenvalue weighted by atomic mass is 10.1. The van der Waals surface area contributed by atoms with Gasteiger partial charge in [0.2, 0.25) is 0 Å². The van der Waals surface area contributed by atoms with Crippen LogP contribution in [0, 0.1) is 0 Å². The third kappa shape index (κ3) is 9.10. The minimum Gasteiger partial charge on any atom is -0.391 e. The maximum Gasteiger partial charge on any atom is 0.0715 e. The van der Waals surface area contributed by atoms with Crippen LogP contribution in [0.2, 0.25) is 0 Å². The molecule has 0 bridgehead atoms. The van der Waals surface area contributed by atoms with E-state index in [1.165, 1.54) is 56.2 Å². The second-order valence-electron chi connectivity index (χ2n) is 7.62. The molecule has 2 aromatic carbocycles. The molecule has 0 saturated heterocycles. The Kier molecular flexibility index (Phi) is 10.7.